The first-order chi connectivity index (χ1) is 12.1. The highest BCUT2D eigenvalue weighted by Crippen LogP contribution is 2.26. The van der Waals surface area contributed by atoms with E-state index in [2.05, 4.69) is 5.32 Å². The van der Waals surface area contributed by atoms with Crippen LogP contribution in [-0.4, -0.2) is 33.6 Å². The number of para-hydroxylation sites is 1. The summed E-state index contributed by atoms with van der Waals surface area (Å²) in [6, 6.07) is 18.6. The molecule has 1 N–H and O–H groups in total. The van der Waals surface area contributed by atoms with Crippen LogP contribution in [0.1, 0.15) is 12.0 Å². The Kier molecular flexibility index (Phi) is 5.50. The Morgan fingerprint density at radius 1 is 1.04 bits per heavy atom. The number of nitrogens with one attached hydrogen (secondary N) is 1. The van der Waals surface area contributed by atoms with Gasteiger partial charge in [-0.3, -0.25) is 19.3 Å². The molecule has 0 saturated carbocycles. The van der Waals surface area contributed by atoms with Crippen molar-refractivity contribution in [2.75, 3.05) is 11.1 Å². The standard InChI is InChI=1S/C19H18N2O3S/c22-17(20-15-9-5-2-6-10-15)13-25-16-11-18(23)21(19(16)24)12-14-7-3-1-4-8-14/h1-10,16H,11-13H2,(H,20,22)/t16-/m0/s1. The van der Waals surface area contributed by atoms with Crippen LogP contribution >= 0.6 is 11.8 Å². The summed E-state index contributed by atoms with van der Waals surface area (Å²) in [5.41, 5.74) is 1.63. The van der Waals surface area contributed by atoms with E-state index in [0.29, 0.717) is 5.69 Å². The van der Waals surface area contributed by atoms with E-state index in [-0.39, 0.29) is 36.4 Å². The molecule has 1 heterocycles. The third-order valence-electron chi connectivity index (χ3n) is 3.86. The maximum Gasteiger partial charge on any atom is 0.243 e. The Morgan fingerprint density at radius 2 is 1.68 bits per heavy atom. The van der Waals surface area contributed by atoms with Gasteiger partial charge in [0.15, 0.2) is 0 Å². The number of hydrogen-bond acceptors (Lipinski definition) is 4. The van der Waals surface area contributed by atoms with Crippen LogP contribution in [0, 0.1) is 0 Å². The number of likely N-dealkylation sites (tertiary alicyclic amines) is 1. The van der Waals surface area contributed by atoms with Gasteiger partial charge < -0.3 is 5.32 Å². The molecule has 1 atom stereocenters. The summed E-state index contributed by atoms with van der Waals surface area (Å²) in [5.74, 6) is -0.447. The van der Waals surface area contributed by atoms with Crippen LogP contribution in [0.3, 0.4) is 0 Å². The normalized spacial score (nSPS) is 17.0. The Hall–Kier alpha value is -2.60. The monoisotopic (exact) mass is 354 g/mol. The number of hydrogen-bond donors (Lipinski definition) is 1. The minimum Gasteiger partial charge on any atom is -0.325 e. The molecule has 128 valence electrons. The van der Waals surface area contributed by atoms with Crippen molar-refractivity contribution < 1.29 is 14.4 Å². The summed E-state index contributed by atoms with van der Waals surface area (Å²) in [5, 5.41) is 2.29. The predicted molar refractivity (Wildman–Crippen MR) is 97.9 cm³/mol. The number of carbonyl (C=O) groups is 3. The number of imide groups is 1. The molecule has 3 rings (SSSR count). The lowest BCUT2D eigenvalue weighted by atomic mass is 10.2. The van der Waals surface area contributed by atoms with Gasteiger partial charge in [-0.15, -0.1) is 11.8 Å². The summed E-state index contributed by atoms with van der Waals surface area (Å²) in [7, 11) is 0. The van der Waals surface area contributed by atoms with Crippen molar-refractivity contribution in [1.82, 2.24) is 4.90 Å². The first-order valence-electron chi connectivity index (χ1n) is 7.98. The summed E-state index contributed by atoms with van der Waals surface area (Å²) < 4.78 is 0. The Morgan fingerprint density at radius 3 is 2.36 bits per heavy atom. The molecule has 3 amide bonds. The molecule has 0 bridgehead atoms. The topological polar surface area (TPSA) is 66.5 Å². The average molecular weight is 354 g/mol. The lowest BCUT2D eigenvalue weighted by molar-refractivity contribution is -0.138. The second-order valence-electron chi connectivity index (χ2n) is 5.72. The molecule has 25 heavy (non-hydrogen) atoms. The Labute approximate surface area is 150 Å². The van der Waals surface area contributed by atoms with E-state index in [9.17, 15) is 14.4 Å². The van der Waals surface area contributed by atoms with Crippen molar-refractivity contribution in [1.29, 1.82) is 0 Å². The molecule has 0 unspecified atom stereocenters. The lowest BCUT2D eigenvalue weighted by Crippen LogP contribution is -2.31. The molecule has 2 aromatic rings. The van der Waals surface area contributed by atoms with E-state index < -0.39 is 5.25 Å². The van der Waals surface area contributed by atoms with E-state index in [0.717, 1.165) is 5.56 Å². The zero-order valence-electron chi connectivity index (χ0n) is 13.6. The van der Waals surface area contributed by atoms with Gasteiger partial charge in [-0.05, 0) is 17.7 Å². The fourth-order valence-electron chi connectivity index (χ4n) is 2.61. The molecule has 5 nitrogen and oxygen atoms in total. The van der Waals surface area contributed by atoms with E-state index in [1.54, 1.807) is 12.1 Å². The number of benzene rings is 2. The second-order valence-corrected chi connectivity index (χ2v) is 6.91. The molecule has 2 aromatic carbocycles. The maximum absolute atomic E-state index is 12.4. The SMILES string of the molecule is O=C(CS[C@H]1CC(=O)N(Cc2ccccc2)C1=O)Nc1ccccc1. The minimum absolute atomic E-state index is 0.137. The Bertz CT molecular complexity index is 765. The molecule has 6 heteroatoms. The van der Waals surface area contributed by atoms with Crippen molar-refractivity contribution in [3.8, 4) is 0 Å². The van der Waals surface area contributed by atoms with Crippen molar-refractivity contribution in [2.24, 2.45) is 0 Å². The molecule has 0 radical (unpaired) electrons. The van der Waals surface area contributed by atoms with Crippen molar-refractivity contribution in [3.05, 3.63) is 66.2 Å². The predicted octanol–water partition coefficient (Wildman–Crippen LogP) is 2.69. The number of carbonyl (C=O) groups excluding carboxylic acids is 3. The molecular weight excluding hydrogens is 336 g/mol. The van der Waals surface area contributed by atoms with Crippen LogP contribution in [0.2, 0.25) is 0 Å². The second kappa shape index (κ2) is 7.98. The van der Waals surface area contributed by atoms with Crippen molar-refractivity contribution in [3.63, 3.8) is 0 Å². The molecule has 1 saturated heterocycles. The van der Waals surface area contributed by atoms with E-state index in [1.807, 2.05) is 48.5 Å². The summed E-state index contributed by atoms with van der Waals surface area (Å²) in [6.07, 6.45) is 0.148. The molecule has 0 spiro atoms. The van der Waals surface area contributed by atoms with Crippen LogP contribution in [0.4, 0.5) is 5.69 Å². The molecular formula is C19H18N2O3S. The number of anilines is 1. The minimum atomic E-state index is -0.488. The van der Waals surface area contributed by atoms with E-state index >= 15 is 0 Å². The van der Waals surface area contributed by atoms with Crippen LogP contribution in [0.25, 0.3) is 0 Å². The van der Waals surface area contributed by atoms with Crippen molar-refractivity contribution >= 4 is 35.2 Å². The zero-order chi connectivity index (χ0) is 17.6. The Balaban J connectivity index is 1.52. The molecule has 1 aliphatic rings. The smallest absolute Gasteiger partial charge is 0.243 e. The molecule has 1 fully saturated rings. The van der Waals surface area contributed by atoms with E-state index in [4.69, 9.17) is 0 Å². The van der Waals surface area contributed by atoms with Gasteiger partial charge in [0.05, 0.1) is 17.5 Å². The third kappa shape index (κ3) is 4.48. The van der Waals surface area contributed by atoms with Crippen LogP contribution in [-0.2, 0) is 20.9 Å². The largest absolute Gasteiger partial charge is 0.325 e. The van der Waals surface area contributed by atoms with Gasteiger partial charge in [0.25, 0.3) is 0 Å². The summed E-state index contributed by atoms with van der Waals surface area (Å²) in [4.78, 5) is 37.8. The molecule has 0 aliphatic carbocycles. The maximum atomic E-state index is 12.4. The van der Waals surface area contributed by atoms with Crippen molar-refractivity contribution in [2.45, 2.75) is 18.2 Å². The van der Waals surface area contributed by atoms with E-state index in [1.165, 1.54) is 16.7 Å². The molecule has 1 aliphatic heterocycles. The first-order valence-corrected chi connectivity index (χ1v) is 9.03. The number of nitrogens with zero attached hydrogens (tertiary/aromatic N) is 1. The average Bonchev–Trinajstić information content (AvgIpc) is 2.89. The fraction of sp³-hybridized carbons (Fsp3) is 0.211. The zero-order valence-corrected chi connectivity index (χ0v) is 14.4. The highest BCUT2D eigenvalue weighted by atomic mass is 32.2. The lowest BCUT2D eigenvalue weighted by Gasteiger charge is -2.14. The third-order valence-corrected chi connectivity index (χ3v) is 5.06. The van der Waals surface area contributed by atoms with Gasteiger partial charge in [-0.1, -0.05) is 48.5 Å². The highest BCUT2D eigenvalue weighted by molar-refractivity contribution is 8.01. The van der Waals surface area contributed by atoms with Gasteiger partial charge >= 0.3 is 0 Å². The number of rotatable bonds is 6. The number of amides is 3. The number of thioether (sulfide) groups is 1. The van der Waals surface area contributed by atoms with Crippen LogP contribution in [0.15, 0.2) is 60.7 Å². The van der Waals surface area contributed by atoms with Crippen LogP contribution in [0.5, 0.6) is 0 Å². The summed E-state index contributed by atoms with van der Waals surface area (Å²) >= 11 is 1.21. The highest BCUT2D eigenvalue weighted by Gasteiger charge is 2.38. The van der Waals surface area contributed by atoms with Gasteiger partial charge in [-0.25, -0.2) is 0 Å². The van der Waals surface area contributed by atoms with Gasteiger partial charge in [-0.2, -0.15) is 0 Å². The van der Waals surface area contributed by atoms with Gasteiger partial charge in [0, 0.05) is 12.1 Å². The fourth-order valence-corrected chi connectivity index (χ4v) is 3.56. The van der Waals surface area contributed by atoms with Gasteiger partial charge in [0.1, 0.15) is 0 Å². The summed E-state index contributed by atoms with van der Waals surface area (Å²) in [6.45, 7) is 0.284. The molecule has 0 aromatic heterocycles. The van der Waals surface area contributed by atoms with Gasteiger partial charge in [0.2, 0.25) is 17.7 Å². The quantitative estimate of drug-likeness (QED) is 0.810. The first kappa shape index (κ1) is 17.2. The van der Waals surface area contributed by atoms with Crippen LogP contribution < -0.4 is 5.32 Å².